The Morgan fingerprint density at radius 2 is 1.86 bits per heavy atom. The SMILES string of the molecule is CC(C)c1ccccc1NC(=O)C1Cc2ccccc2S1. The molecule has 21 heavy (non-hydrogen) atoms. The quantitative estimate of drug-likeness (QED) is 0.906. The van der Waals surface area contributed by atoms with Crippen molar-refractivity contribution < 1.29 is 4.79 Å². The standard InChI is InChI=1S/C18H19NOS/c1-12(2)14-8-4-5-9-15(14)19-18(20)17-11-13-7-3-6-10-16(13)21-17/h3-10,12,17H,11H2,1-2H3,(H,19,20). The fourth-order valence-corrected chi connectivity index (χ4v) is 3.85. The molecule has 108 valence electrons. The lowest BCUT2D eigenvalue weighted by Crippen LogP contribution is -2.25. The highest BCUT2D eigenvalue weighted by Gasteiger charge is 2.28. The van der Waals surface area contributed by atoms with E-state index in [0.717, 1.165) is 12.1 Å². The van der Waals surface area contributed by atoms with E-state index in [2.05, 4.69) is 37.4 Å². The molecule has 0 saturated carbocycles. The van der Waals surface area contributed by atoms with Gasteiger partial charge < -0.3 is 5.32 Å². The van der Waals surface area contributed by atoms with Crippen molar-refractivity contribution in [1.82, 2.24) is 0 Å². The number of benzene rings is 2. The van der Waals surface area contributed by atoms with Crippen molar-refractivity contribution in [3.63, 3.8) is 0 Å². The molecule has 3 heteroatoms. The lowest BCUT2D eigenvalue weighted by Gasteiger charge is -2.15. The van der Waals surface area contributed by atoms with E-state index in [0.29, 0.717) is 5.92 Å². The molecule has 1 aliphatic rings. The van der Waals surface area contributed by atoms with Crippen LogP contribution in [0.5, 0.6) is 0 Å². The third kappa shape index (κ3) is 2.98. The highest BCUT2D eigenvalue weighted by Crippen LogP contribution is 2.37. The lowest BCUT2D eigenvalue weighted by atomic mass is 10.0. The molecular formula is C18H19NOS. The van der Waals surface area contributed by atoms with Gasteiger partial charge >= 0.3 is 0 Å². The normalized spacial score (nSPS) is 16.8. The van der Waals surface area contributed by atoms with E-state index in [1.54, 1.807) is 11.8 Å². The average Bonchev–Trinajstić information content (AvgIpc) is 2.91. The predicted molar refractivity (Wildman–Crippen MR) is 89.0 cm³/mol. The van der Waals surface area contributed by atoms with E-state index in [1.165, 1.54) is 16.0 Å². The molecule has 2 aromatic carbocycles. The number of amides is 1. The second kappa shape index (κ2) is 5.94. The Morgan fingerprint density at radius 3 is 2.62 bits per heavy atom. The molecule has 1 amide bonds. The van der Waals surface area contributed by atoms with E-state index in [1.807, 2.05) is 30.3 Å². The molecular weight excluding hydrogens is 278 g/mol. The Labute approximate surface area is 130 Å². The molecule has 0 radical (unpaired) electrons. The number of carbonyl (C=O) groups excluding carboxylic acids is 1. The maximum atomic E-state index is 12.5. The predicted octanol–water partition coefficient (Wildman–Crippen LogP) is 4.47. The Kier molecular flexibility index (Phi) is 4.02. The summed E-state index contributed by atoms with van der Waals surface area (Å²) in [5.74, 6) is 0.499. The van der Waals surface area contributed by atoms with Gasteiger partial charge in [0.15, 0.2) is 0 Å². The molecule has 0 bridgehead atoms. The van der Waals surface area contributed by atoms with Gasteiger partial charge in [-0.1, -0.05) is 50.2 Å². The zero-order valence-electron chi connectivity index (χ0n) is 12.3. The Bertz CT molecular complexity index is 641. The summed E-state index contributed by atoms with van der Waals surface area (Å²) in [7, 11) is 0. The van der Waals surface area contributed by atoms with Crippen molar-refractivity contribution in [2.75, 3.05) is 5.32 Å². The van der Waals surface area contributed by atoms with Crippen molar-refractivity contribution in [1.29, 1.82) is 0 Å². The Morgan fingerprint density at radius 1 is 1.14 bits per heavy atom. The van der Waals surface area contributed by atoms with Crippen LogP contribution in [-0.2, 0) is 11.2 Å². The van der Waals surface area contributed by atoms with Crippen LogP contribution in [-0.4, -0.2) is 11.2 Å². The number of fused-ring (bicyclic) bond motifs is 1. The first-order chi connectivity index (χ1) is 10.1. The van der Waals surface area contributed by atoms with E-state index >= 15 is 0 Å². The molecule has 2 nitrogen and oxygen atoms in total. The lowest BCUT2D eigenvalue weighted by molar-refractivity contribution is -0.115. The second-order valence-corrected chi connectivity index (χ2v) is 6.89. The molecule has 0 aromatic heterocycles. The molecule has 1 unspecified atom stereocenters. The van der Waals surface area contributed by atoms with Crippen molar-refractivity contribution in [3.8, 4) is 0 Å². The average molecular weight is 297 g/mol. The molecule has 0 saturated heterocycles. The molecule has 0 spiro atoms. The summed E-state index contributed by atoms with van der Waals surface area (Å²) in [5, 5.41) is 3.08. The summed E-state index contributed by atoms with van der Waals surface area (Å²) < 4.78 is 0. The van der Waals surface area contributed by atoms with Crippen molar-refractivity contribution in [2.45, 2.75) is 36.3 Å². The van der Waals surface area contributed by atoms with E-state index in [-0.39, 0.29) is 11.2 Å². The first-order valence-corrected chi connectivity index (χ1v) is 8.17. The monoisotopic (exact) mass is 297 g/mol. The number of carbonyl (C=O) groups is 1. The summed E-state index contributed by atoms with van der Waals surface area (Å²) >= 11 is 1.67. The highest BCUT2D eigenvalue weighted by atomic mass is 32.2. The number of hydrogen-bond donors (Lipinski definition) is 1. The fourth-order valence-electron chi connectivity index (χ4n) is 2.66. The molecule has 1 heterocycles. The summed E-state index contributed by atoms with van der Waals surface area (Å²) in [4.78, 5) is 13.8. The van der Waals surface area contributed by atoms with Crippen LogP contribution in [0.1, 0.15) is 30.9 Å². The summed E-state index contributed by atoms with van der Waals surface area (Å²) in [6, 6.07) is 16.3. The van der Waals surface area contributed by atoms with Gasteiger partial charge in [-0.2, -0.15) is 0 Å². The number of para-hydroxylation sites is 1. The zero-order valence-corrected chi connectivity index (χ0v) is 13.1. The zero-order chi connectivity index (χ0) is 14.8. The third-order valence-electron chi connectivity index (χ3n) is 3.78. The van der Waals surface area contributed by atoms with Crippen molar-refractivity contribution >= 4 is 23.4 Å². The van der Waals surface area contributed by atoms with Gasteiger partial charge in [0.05, 0.1) is 5.25 Å². The minimum absolute atomic E-state index is 0.0254. The Balaban J connectivity index is 1.74. The van der Waals surface area contributed by atoms with Crippen LogP contribution in [0.3, 0.4) is 0 Å². The first kappa shape index (κ1) is 14.2. The number of anilines is 1. The Hall–Kier alpha value is -1.74. The smallest absolute Gasteiger partial charge is 0.238 e. The van der Waals surface area contributed by atoms with Gasteiger partial charge in [-0.25, -0.2) is 0 Å². The third-order valence-corrected chi connectivity index (χ3v) is 5.10. The van der Waals surface area contributed by atoms with Gasteiger partial charge in [-0.3, -0.25) is 4.79 Å². The van der Waals surface area contributed by atoms with Gasteiger partial charge in [-0.05, 0) is 35.6 Å². The number of hydrogen-bond acceptors (Lipinski definition) is 2. The molecule has 0 fully saturated rings. The molecule has 1 aliphatic heterocycles. The highest BCUT2D eigenvalue weighted by molar-refractivity contribution is 8.01. The number of thioether (sulfide) groups is 1. The number of nitrogens with one attached hydrogen (secondary N) is 1. The minimum atomic E-state index is -0.0254. The van der Waals surface area contributed by atoms with Crippen LogP contribution in [0.15, 0.2) is 53.4 Å². The molecule has 3 rings (SSSR count). The fraction of sp³-hybridized carbons (Fsp3) is 0.278. The number of rotatable bonds is 3. The van der Waals surface area contributed by atoms with Crippen LogP contribution in [0, 0.1) is 0 Å². The summed E-state index contributed by atoms with van der Waals surface area (Å²) in [6.45, 7) is 4.29. The molecule has 2 aromatic rings. The van der Waals surface area contributed by atoms with Gasteiger partial charge in [0.1, 0.15) is 0 Å². The molecule has 1 N–H and O–H groups in total. The largest absolute Gasteiger partial charge is 0.325 e. The maximum Gasteiger partial charge on any atom is 0.238 e. The van der Waals surface area contributed by atoms with Gasteiger partial charge in [0, 0.05) is 10.6 Å². The van der Waals surface area contributed by atoms with Gasteiger partial charge in [0.25, 0.3) is 0 Å². The van der Waals surface area contributed by atoms with Crippen LogP contribution >= 0.6 is 11.8 Å². The summed E-state index contributed by atoms with van der Waals surface area (Å²) in [6.07, 6.45) is 0.816. The van der Waals surface area contributed by atoms with Crippen LogP contribution in [0.4, 0.5) is 5.69 Å². The van der Waals surface area contributed by atoms with Crippen molar-refractivity contribution in [2.24, 2.45) is 0 Å². The maximum absolute atomic E-state index is 12.5. The second-order valence-electron chi connectivity index (χ2n) is 5.65. The van der Waals surface area contributed by atoms with Crippen LogP contribution in [0.25, 0.3) is 0 Å². The van der Waals surface area contributed by atoms with E-state index in [4.69, 9.17) is 0 Å². The van der Waals surface area contributed by atoms with E-state index in [9.17, 15) is 4.79 Å². The van der Waals surface area contributed by atoms with Gasteiger partial charge in [0.2, 0.25) is 5.91 Å². The van der Waals surface area contributed by atoms with E-state index < -0.39 is 0 Å². The first-order valence-electron chi connectivity index (χ1n) is 7.29. The molecule has 1 atom stereocenters. The van der Waals surface area contributed by atoms with Gasteiger partial charge in [-0.15, -0.1) is 11.8 Å². The topological polar surface area (TPSA) is 29.1 Å². The summed E-state index contributed by atoms with van der Waals surface area (Å²) in [5.41, 5.74) is 3.40. The van der Waals surface area contributed by atoms with Crippen LogP contribution in [0.2, 0.25) is 0 Å². The van der Waals surface area contributed by atoms with Crippen LogP contribution < -0.4 is 5.32 Å². The molecule has 0 aliphatic carbocycles. The van der Waals surface area contributed by atoms with Crippen molar-refractivity contribution in [3.05, 3.63) is 59.7 Å². The minimum Gasteiger partial charge on any atom is -0.325 e.